The van der Waals surface area contributed by atoms with Crippen LogP contribution in [0.25, 0.3) is 0 Å². The van der Waals surface area contributed by atoms with Crippen molar-refractivity contribution >= 4 is 33.5 Å². The Hall–Kier alpha value is -1.54. The zero-order valence-electron chi connectivity index (χ0n) is 19.1. The van der Waals surface area contributed by atoms with Crippen LogP contribution in [0.4, 0.5) is 0 Å². The number of rotatable bonds is 7. The number of aliphatic hydroxyl groups excluding tert-OH is 1. The maximum absolute atomic E-state index is 12.9. The average molecular weight is 545 g/mol. The average Bonchev–Trinajstić information content (AvgIpc) is 3.64. The van der Waals surface area contributed by atoms with E-state index in [1.807, 2.05) is 17.8 Å². The lowest BCUT2D eigenvalue weighted by atomic mass is 9.64. The van der Waals surface area contributed by atoms with Crippen LogP contribution in [-0.2, 0) is 22.5 Å². The summed E-state index contributed by atoms with van der Waals surface area (Å²) in [6.45, 7) is 1.45. The molecule has 34 heavy (non-hydrogen) atoms. The SMILES string of the molecule is O=C1C[C@H]2Oc3c(Br)c(OCC4CC4)cc4c3[C@@]2(C[C@@H](CO)NC4)[C@H](SCc2ccccc2)C1. The topological polar surface area (TPSA) is 67.8 Å². The quantitative estimate of drug-likeness (QED) is 0.525. The first-order chi connectivity index (χ1) is 16.6. The lowest BCUT2D eigenvalue weighted by Gasteiger charge is -2.45. The van der Waals surface area contributed by atoms with Crippen LogP contribution in [0.2, 0.25) is 0 Å². The van der Waals surface area contributed by atoms with Gasteiger partial charge in [-0.3, -0.25) is 4.79 Å². The van der Waals surface area contributed by atoms with Gasteiger partial charge in [0.25, 0.3) is 0 Å². The number of carbonyl (C=O) groups excluding carboxylic acids is 1. The molecule has 4 aliphatic rings. The van der Waals surface area contributed by atoms with E-state index >= 15 is 0 Å². The molecule has 2 saturated carbocycles. The van der Waals surface area contributed by atoms with E-state index in [0.717, 1.165) is 34.8 Å². The number of halogens is 1. The maximum Gasteiger partial charge on any atom is 0.142 e. The van der Waals surface area contributed by atoms with Gasteiger partial charge in [0.2, 0.25) is 0 Å². The molecule has 2 aromatic carbocycles. The summed E-state index contributed by atoms with van der Waals surface area (Å²) in [4.78, 5) is 12.9. The first kappa shape index (κ1) is 22.9. The molecular weight excluding hydrogens is 514 g/mol. The Labute approximate surface area is 213 Å². The Bertz CT molecular complexity index is 1090. The van der Waals surface area contributed by atoms with E-state index in [-0.39, 0.29) is 35.2 Å². The molecule has 2 aliphatic heterocycles. The Morgan fingerprint density at radius 3 is 2.82 bits per heavy atom. The zero-order chi connectivity index (χ0) is 23.3. The molecule has 1 spiro atoms. The second-order valence-corrected chi connectivity index (χ2v) is 12.1. The van der Waals surface area contributed by atoms with Crippen LogP contribution >= 0.6 is 27.7 Å². The van der Waals surface area contributed by atoms with Gasteiger partial charge in [-0.25, -0.2) is 0 Å². The van der Waals surface area contributed by atoms with Crippen LogP contribution in [0.3, 0.4) is 0 Å². The predicted molar refractivity (Wildman–Crippen MR) is 137 cm³/mol. The third-order valence-electron chi connectivity index (χ3n) is 7.82. The number of Topliss-reactive ketones (excluding diaryl/α,β-unsaturated/α-hetero) is 1. The molecule has 0 unspecified atom stereocenters. The second-order valence-electron chi connectivity index (χ2n) is 10.1. The first-order valence-electron chi connectivity index (χ1n) is 12.2. The van der Waals surface area contributed by atoms with Crippen LogP contribution in [0, 0.1) is 5.92 Å². The van der Waals surface area contributed by atoms with E-state index < -0.39 is 0 Å². The van der Waals surface area contributed by atoms with Crippen LogP contribution in [0.15, 0.2) is 40.9 Å². The highest BCUT2D eigenvalue weighted by Gasteiger charge is 2.60. The molecule has 0 radical (unpaired) electrons. The molecule has 5 nitrogen and oxygen atoms in total. The Balaban J connectivity index is 1.42. The van der Waals surface area contributed by atoms with E-state index in [9.17, 15) is 9.90 Å². The van der Waals surface area contributed by atoms with Crippen molar-refractivity contribution in [3.05, 3.63) is 57.6 Å². The van der Waals surface area contributed by atoms with Gasteiger partial charge in [-0.2, -0.15) is 11.8 Å². The number of hydrogen-bond donors (Lipinski definition) is 2. The van der Waals surface area contributed by atoms with Gasteiger partial charge in [-0.05, 0) is 58.3 Å². The minimum atomic E-state index is -0.327. The standard InChI is InChI=1S/C27H30BrNO4S/c28-25-21(32-14-16-6-7-16)8-18-12-29-19(13-30)11-27-22(33-26(25)24(18)27)9-20(31)10-23(27)34-15-17-4-2-1-3-5-17/h1-5,8,16,19,22-23,29-30H,6-7,9-15H2/t19-,22+,23+,27+/m0/s1. The van der Waals surface area contributed by atoms with Gasteiger partial charge in [-0.1, -0.05) is 30.3 Å². The summed E-state index contributed by atoms with van der Waals surface area (Å²) in [5, 5.41) is 13.9. The summed E-state index contributed by atoms with van der Waals surface area (Å²) in [6, 6.07) is 12.5. The van der Waals surface area contributed by atoms with Gasteiger partial charge in [0.15, 0.2) is 0 Å². The Kier molecular flexibility index (Phi) is 6.17. The normalized spacial score (nSPS) is 29.7. The number of hydrogen-bond acceptors (Lipinski definition) is 6. The lowest BCUT2D eigenvalue weighted by Crippen LogP contribution is -2.54. The van der Waals surface area contributed by atoms with Gasteiger partial charge in [0.05, 0.1) is 18.6 Å². The highest BCUT2D eigenvalue weighted by molar-refractivity contribution is 9.10. The number of thioether (sulfide) groups is 1. The van der Waals surface area contributed by atoms with Gasteiger partial charge >= 0.3 is 0 Å². The van der Waals surface area contributed by atoms with Crippen LogP contribution in [0.1, 0.15) is 48.8 Å². The van der Waals surface area contributed by atoms with Gasteiger partial charge in [0.1, 0.15) is 27.9 Å². The van der Waals surface area contributed by atoms with Gasteiger partial charge in [0, 0.05) is 42.0 Å². The fraction of sp³-hybridized carbons (Fsp3) is 0.519. The van der Waals surface area contributed by atoms with E-state index in [2.05, 4.69) is 51.6 Å². The highest BCUT2D eigenvalue weighted by Crippen LogP contribution is 2.60. The summed E-state index contributed by atoms with van der Waals surface area (Å²) in [5.41, 5.74) is 3.31. The van der Waals surface area contributed by atoms with Crippen molar-refractivity contribution in [2.45, 2.75) is 67.2 Å². The number of benzene rings is 2. The number of ether oxygens (including phenoxy) is 2. The van der Waals surface area contributed by atoms with Crippen molar-refractivity contribution in [3.63, 3.8) is 0 Å². The van der Waals surface area contributed by atoms with Gasteiger partial charge < -0.3 is 19.9 Å². The van der Waals surface area contributed by atoms with Crippen molar-refractivity contribution in [2.75, 3.05) is 13.2 Å². The molecule has 180 valence electrons. The third kappa shape index (κ3) is 3.98. The van der Waals surface area contributed by atoms with Gasteiger partial charge in [-0.15, -0.1) is 0 Å². The molecule has 4 atom stereocenters. The molecule has 2 N–H and O–H groups in total. The molecule has 0 bridgehead atoms. The minimum absolute atomic E-state index is 0.0490. The zero-order valence-corrected chi connectivity index (χ0v) is 21.5. The van der Waals surface area contributed by atoms with E-state index in [0.29, 0.717) is 25.3 Å². The fourth-order valence-corrected chi connectivity index (χ4v) is 7.98. The van der Waals surface area contributed by atoms with Crippen molar-refractivity contribution < 1.29 is 19.4 Å². The maximum atomic E-state index is 12.9. The second kappa shape index (κ2) is 9.16. The molecule has 0 amide bonds. The molecule has 0 saturated heterocycles. The summed E-state index contributed by atoms with van der Waals surface area (Å²) in [6.07, 6.45) is 3.95. The lowest BCUT2D eigenvalue weighted by molar-refractivity contribution is -0.124. The van der Waals surface area contributed by atoms with E-state index in [4.69, 9.17) is 9.47 Å². The molecule has 2 aromatic rings. The molecule has 2 heterocycles. The minimum Gasteiger partial charge on any atom is -0.492 e. The van der Waals surface area contributed by atoms with E-state index in [1.165, 1.54) is 29.5 Å². The van der Waals surface area contributed by atoms with Crippen LogP contribution in [0.5, 0.6) is 11.5 Å². The molecular formula is C27H30BrNO4S. The number of ketones is 1. The van der Waals surface area contributed by atoms with Crippen molar-refractivity contribution in [3.8, 4) is 11.5 Å². The van der Waals surface area contributed by atoms with Crippen LogP contribution < -0.4 is 14.8 Å². The molecule has 2 aliphatic carbocycles. The first-order valence-corrected chi connectivity index (χ1v) is 14.1. The third-order valence-corrected chi connectivity index (χ3v) is 10.1. The summed E-state index contributed by atoms with van der Waals surface area (Å²) >= 11 is 5.66. The molecule has 2 fully saturated rings. The summed E-state index contributed by atoms with van der Waals surface area (Å²) in [5.74, 6) is 3.42. The number of aliphatic hydroxyl groups is 1. The monoisotopic (exact) mass is 543 g/mol. The summed E-state index contributed by atoms with van der Waals surface area (Å²) in [7, 11) is 0. The number of carbonyl (C=O) groups is 1. The van der Waals surface area contributed by atoms with Crippen LogP contribution in [-0.4, -0.2) is 41.5 Å². The predicted octanol–water partition coefficient (Wildman–Crippen LogP) is 4.76. The Morgan fingerprint density at radius 2 is 2.06 bits per heavy atom. The molecule has 7 heteroatoms. The largest absolute Gasteiger partial charge is 0.492 e. The van der Waals surface area contributed by atoms with E-state index in [1.54, 1.807) is 0 Å². The van der Waals surface area contributed by atoms with Crippen molar-refractivity contribution in [1.29, 1.82) is 0 Å². The Morgan fingerprint density at radius 1 is 1.24 bits per heavy atom. The number of nitrogens with one attached hydrogen (secondary N) is 1. The van der Waals surface area contributed by atoms with Crippen molar-refractivity contribution in [1.82, 2.24) is 5.32 Å². The smallest absolute Gasteiger partial charge is 0.142 e. The molecule has 6 rings (SSSR count). The molecule has 0 aromatic heterocycles. The summed E-state index contributed by atoms with van der Waals surface area (Å²) < 4.78 is 13.7. The highest BCUT2D eigenvalue weighted by atomic mass is 79.9. The fourth-order valence-electron chi connectivity index (χ4n) is 5.91. The van der Waals surface area contributed by atoms with Crippen molar-refractivity contribution in [2.24, 2.45) is 5.92 Å².